The number of amides is 1. The summed E-state index contributed by atoms with van der Waals surface area (Å²) in [5, 5.41) is 0. The summed E-state index contributed by atoms with van der Waals surface area (Å²) in [5.74, 6) is 1.84. The largest absolute Gasteiger partial charge is 0.497 e. The van der Waals surface area contributed by atoms with Crippen LogP contribution in [0.1, 0.15) is 36.8 Å². The van der Waals surface area contributed by atoms with Crippen molar-refractivity contribution in [3.8, 4) is 5.75 Å². The topological polar surface area (TPSA) is 88.6 Å². The molecule has 1 aromatic rings. The maximum absolute atomic E-state index is 13.1. The molecule has 1 heterocycles. The number of carbonyl (C=O) groups is 1. The summed E-state index contributed by atoms with van der Waals surface area (Å²) in [6, 6.07) is 3.44. The number of nitrogens with zero attached hydrogens (tertiary/aromatic N) is 3. The predicted molar refractivity (Wildman–Crippen MR) is 143 cm³/mol. The number of morpholine rings is 1. The molecule has 210 valence electrons. The number of sulfonamides is 1. The first-order valence-electron chi connectivity index (χ1n) is 13.3. The summed E-state index contributed by atoms with van der Waals surface area (Å²) in [6.07, 6.45) is 4.74. The summed E-state index contributed by atoms with van der Waals surface area (Å²) in [6.45, 7) is 9.48. The van der Waals surface area contributed by atoms with Gasteiger partial charge in [-0.2, -0.15) is 4.31 Å². The predicted octanol–water partition coefficient (Wildman–Crippen LogP) is 2.55. The number of rotatable bonds is 12. The Balaban J connectivity index is 1.36. The normalized spacial score (nSPS) is 21.2. The van der Waals surface area contributed by atoms with E-state index in [-0.39, 0.29) is 30.6 Å². The van der Waals surface area contributed by atoms with Crippen molar-refractivity contribution in [1.29, 1.82) is 0 Å². The molecule has 3 rings (SSSR count). The molecule has 1 saturated carbocycles. The summed E-state index contributed by atoms with van der Waals surface area (Å²) < 4.78 is 43.8. The molecule has 1 aliphatic carbocycles. The monoisotopic (exact) mass is 539 g/mol. The molecule has 2 aliphatic rings. The van der Waals surface area contributed by atoms with Crippen LogP contribution < -0.4 is 4.74 Å². The molecular weight excluding hydrogens is 494 g/mol. The van der Waals surface area contributed by atoms with Gasteiger partial charge in [-0.15, -0.1) is 0 Å². The number of benzene rings is 1. The number of likely N-dealkylation sites (N-methyl/N-ethyl adjacent to an activating group) is 2. The van der Waals surface area contributed by atoms with Crippen LogP contribution in [0.3, 0.4) is 0 Å². The number of hydrogen-bond acceptors (Lipinski definition) is 7. The molecule has 0 atom stereocenters. The molecule has 10 heteroatoms. The van der Waals surface area contributed by atoms with Crippen LogP contribution in [-0.4, -0.2) is 109 Å². The maximum Gasteiger partial charge on any atom is 0.248 e. The van der Waals surface area contributed by atoms with Crippen molar-refractivity contribution in [1.82, 2.24) is 14.1 Å². The van der Waals surface area contributed by atoms with Crippen molar-refractivity contribution in [2.24, 2.45) is 11.8 Å². The first-order valence-corrected chi connectivity index (χ1v) is 14.8. The molecule has 0 bridgehead atoms. The Morgan fingerprint density at radius 1 is 1.05 bits per heavy atom. The number of ether oxygens (including phenoxy) is 3. The second-order valence-corrected chi connectivity index (χ2v) is 12.5. The second-order valence-electron chi connectivity index (χ2n) is 10.5. The van der Waals surface area contributed by atoms with Crippen molar-refractivity contribution < 1.29 is 27.4 Å². The highest BCUT2D eigenvalue weighted by Gasteiger charge is 2.27. The molecule has 2 fully saturated rings. The van der Waals surface area contributed by atoms with Gasteiger partial charge in [0.05, 0.1) is 31.8 Å². The van der Waals surface area contributed by atoms with Gasteiger partial charge in [0.2, 0.25) is 15.9 Å². The first-order chi connectivity index (χ1) is 17.6. The van der Waals surface area contributed by atoms with Gasteiger partial charge in [-0.3, -0.25) is 9.69 Å². The van der Waals surface area contributed by atoms with Crippen molar-refractivity contribution in [3.05, 3.63) is 23.3 Å². The zero-order valence-corrected chi connectivity index (χ0v) is 24.0. The van der Waals surface area contributed by atoms with Crippen LogP contribution in [0.15, 0.2) is 17.0 Å². The van der Waals surface area contributed by atoms with Gasteiger partial charge in [0, 0.05) is 46.8 Å². The van der Waals surface area contributed by atoms with Gasteiger partial charge in [0.25, 0.3) is 0 Å². The third-order valence-corrected chi connectivity index (χ3v) is 9.82. The van der Waals surface area contributed by atoms with E-state index in [1.54, 1.807) is 38.0 Å². The van der Waals surface area contributed by atoms with Crippen LogP contribution in [0.4, 0.5) is 0 Å². The molecule has 1 aromatic carbocycles. The molecule has 1 amide bonds. The summed E-state index contributed by atoms with van der Waals surface area (Å²) in [4.78, 5) is 17.2. The van der Waals surface area contributed by atoms with Crippen LogP contribution in [0, 0.1) is 25.7 Å². The van der Waals surface area contributed by atoms with Gasteiger partial charge in [0.1, 0.15) is 12.4 Å². The molecule has 0 unspecified atom stereocenters. The Labute approximate surface area is 223 Å². The van der Waals surface area contributed by atoms with E-state index in [4.69, 9.17) is 14.2 Å². The van der Waals surface area contributed by atoms with E-state index in [0.29, 0.717) is 22.8 Å². The van der Waals surface area contributed by atoms with Crippen LogP contribution in [0.2, 0.25) is 0 Å². The average Bonchev–Trinajstić information content (AvgIpc) is 2.87. The van der Waals surface area contributed by atoms with Gasteiger partial charge in [0.15, 0.2) is 0 Å². The highest BCUT2D eigenvalue weighted by molar-refractivity contribution is 7.89. The smallest absolute Gasteiger partial charge is 0.248 e. The molecular formula is C27H45N3O6S. The summed E-state index contributed by atoms with van der Waals surface area (Å²) >= 11 is 0. The van der Waals surface area contributed by atoms with Gasteiger partial charge in [-0.1, -0.05) is 0 Å². The molecule has 0 spiro atoms. The third kappa shape index (κ3) is 8.38. The van der Waals surface area contributed by atoms with Crippen LogP contribution in [0.25, 0.3) is 0 Å². The highest BCUT2D eigenvalue weighted by atomic mass is 32.2. The number of methoxy groups -OCH3 is 1. The number of aryl methyl sites for hydroxylation is 2. The zero-order valence-electron chi connectivity index (χ0n) is 23.2. The Morgan fingerprint density at radius 2 is 1.65 bits per heavy atom. The third-order valence-electron chi connectivity index (χ3n) is 7.66. The molecule has 37 heavy (non-hydrogen) atoms. The molecule has 1 saturated heterocycles. The van der Waals surface area contributed by atoms with Crippen molar-refractivity contribution in [3.63, 3.8) is 0 Å². The van der Waals surface area contributed by atoms with Crippen LogP contribution in [-0.2, 0) is 24.3 Å². The minimum absolute atomic E-state index is 0.0443. The molecule has 0 radical (unpaired) electrons. The fraction of sp³-hybridized carbons (Fsp3) is 0.741. The fourth-order valence-corrected chi connectivity index (χ4v) is 6.97. The van der Waals surface area contributed by atoms with Crippen LogP contribution in [0.5, 0.6) is 5.75 Å². The lowest BCUT2D eigenvalue weighted by Gasteiger charge is -2.35. The fourth-order valence-electron chi connectivity index (χ4n) is 5.41. The Bertz CT molecular complexity index is 965. The Morgan fingerprint density at radius 3 is 2.24 bits per heavy atom. The highest BCUT2D eigenvalue weighted by Crippen LogP contribution is 2.30. The lowest BCUT2D eigenvalue weighted by molar-refractivity contribution is -0.135. The van der Waals surface area contributed by atoms with E-state index in [1.807, 2.05) is 7.05 Å². The molecule has 1 aliphatic heterocycles. The van der Waals surface area contributed by atoms with Gasteiger partial charge in [-0.05, 0) is 74.6 Å². The Kier molecular flexibility index (Phi) is 11.2. The standard InChI is InChI=1S/C27H45N3O6S/c1-21-16-25(34-5)17-22(2)27(21)37(32,33)29(4)10-13-36-20-26(31)28(3)18-23-6-8-24(9-7-23)19-30-11-14-35-15-12-30/h16-17,23-24H,6-15,18-20H2,1-5H3. The lowest BCUT2D eigenvalue weighted by atomic mass is 9.81. The minimum atomic E-state index is -3.68. The van der Waals surface area contributed by atoms with Crippen molar-refractivity contribution in [2.75, 3.05) is 80.4 Å². The average molecular weight is 540 g/mol. The van der Waals surface area contributed by atoms with E-state index >= 15 is 0 Å². The van der Waals surface area contributed by atoms with E-state index in [2.05, 4.69) is 4.90 Å². The summed E-state index contributed by atoms with van der Waals surface area (Å²) in [5.41, 5.74) is 1.27. The van der Waals surface area contributed by atoms with Crippen molar-refractivity contribution in [2.45, 2.75) is 44.4 Å². The van der Waals surface area contributed by atoms with E-state index in [1.165, 1.54) is 30.7 Å². The van der Waals surface area contributed by atoms with Gasteiger partial charge in [-0.25, -0.2) is 8.42 Å². The quantitative estimate of drug-likeness (QED) is 0.377. The van der Waals surface area contributed by atoms with Gasteiger partial charge >= 0.3 is 0 Å². The first kappa shape index (κ1) is 29.8. The number of carbonyl (C=O) groups excluding carboxylic acids is 1. The summed E-state index contributed by atoms with van der Waals surface area (Å²) in [7, 11) is 1.24. The molecule has 0 N–H and O–H groups in total. The van der Waals surface area contributed by atoms with Crippen LogP contribution >= 0.6 is 0 Å². The molecule has 0 aromatic heterocycles. The zero-order chi connectivity index (χ0) is 27.0. The maximum atomic E-state index is 13.1. The van der Waals surface area contributed by atoms with E-state index in [9.17, 15) is 13.2 Å². The minimum Gasteiger partial charge on any atom is -0.497 e. The SMILES string of the molecule is COc1cc(C)c(S(=O)(=O)N(C)CCOCC(=O)N(C)CC2CCC(CN3CCOCC3)CC2)c(C)c1. The molecule has 9 nitrogen and oxygen atoms in total. The van der Waals surface area contributed by atoms with E-state index < -0.39 is 10.0 Å². The second kappa shape index (κ2) is 13.9. The van der Waals surface area contributed by atoms with Gasteiger partial charge < -0.3 is 19.1 Å². The lowest BCUT2D eigenvalue weighted by Crippen LogP contribution is -2.41. The Hall–Kier alpha value is -1.72. The van der Waals surface area contributed by atoms with E-state index in [0.717, 1.165) is 51.6 Å². The number of hydrogen-bond donors (Lipinski definition) is 0. The van der Waals surface area contributed by atoms with Crippen molar-refractivity contribution >= 4 is 15.9 Å².